The number of aromatic carboxylic acids is 1. The molecule has 1 saturated heterocycles. The van der Waals surface area contributed by atoms with Crippen LogP contribution in [0.5, 0.6) is 5.88 Å². The first-order valence-corrected chi connectivity index (χ1v) is 6.41. The van der Waals surface area contributed by atoms with Gasteiger partial charge in [-0.05, 0) is 39.3 Å². The number of carboxylic acids is 1. The zero-order chi connectivity index (χ0) is 14.0. The number of ether oxygens (including phenoxy) is 1. The average molecular weight is 265 g/mol. The first kappa shape index (κ1) is 13.7. The Morgan fingerprint density at radius 2 is 1.95 bits per heavy atom. The number of aromatic nitrogens is 2. The third-order valence-corrected chi connectivity index (χ3v) is 3.58. The largest absolute Gasteiger partial charge is 0.477 e. The van der Waals surface area contributed by atoms with E-state index in [1.165, 1.54) is 0 Å². The fraction of sp³-hybridized carbons (Fsp3) is 0.615. The molecular weight excluding hydrogens is 246 g/mol. The quantitative estimate of drug-likeness (QED) is 0.887. The van der Waals surface area contributed by atoms with E-state index in [4.69, 9.17) is 4.74 Å². The Kier molecular flexibility index (Phi) is 3.99. The van der Waals surface area contributed by atoms with Gasteiger partial charge in [0.25, 0.3) is 0 Å². The summed E-state index contributed by atoms with van der Waals surface area (Å²) in [4.78, 5) is 13.6. The predicted octanol–water partition coefficient (Wildman–Crippen LogP) is 1.26. The van der Waals surface area contributed by atoms with E-state index in [9.17, 15) is 9.90 Å². The van der Waals surface area contributed by atoms with E-state index in [0.29, 0.717) is 11.3 Å². The molecule has 0 saturated carbocycles. The highest BCUT2D eigenvalue weighted by atomic mass is 16.5. The number of carbonyl (C=O) groups is 1. The first-order valence-electron chi connectivity index (χ1n) is 6.41. The maximum atomic E-state index is 11.3. The van der Waals surface area contributed by atoms with Gasteiger partial charge >= 0.3 is 5.97 Å². The molecule has 0 radical (unpaired) electrons. The lowest BCUT2D eigenvalue weighted by Crippen LogP contribution is -2.36. The van der Waals surface area contributed by atoms with E-state index in [1.807, 2.05) is 0 Å². The molecule has 1 aromatic rings. The van der Waals surface area contributed by atoms with Crippen molar-refractivity contribution in [3.63, 3.8) is 0 Å². The molecule has 1 aromatic heterocycles. The lowest BCUT2D eigenvalue weighted by molar-refractivity contribution is 0.0674. The van der Waals surface area contributed by atoms with Crippen LogP contribution in [0.15, 0.2) is 0 Å². The van der Waals surface area contributed by atoms with Crippen molar-refractivity contribution in [2.24, 2.45) is 0 Å². The molecular formula is C13H19N3O3. The Morgan fingerprint density at radius 3 is 2.53 bits per heavy atom. The standard InChI is InChI=1S/C13H19N3O3/c1-8-9(2)14-15-12(11(8)13(17)18)19-10-4-6-16(3)7-5-10/h10H,4-7H2,1-3H3,(H,17,18). The summed E-state index contributed by atoms with van der Waals surface area (Å²) >= 11 is 0. The van der Waals surface area contributed by atoms with Crippen molar-refractivity contribution in [1.82, 2.24) is 15.1 Å². The number of hydrogen-bond acceptors (Lipinski definition) is 5. The Balaban J connectivity index is 2.20. The van der Waals surface area contributed by atoms with Gasteiger partial charge in [-0.25, -0.2) is 4.79 Å². The van der Waals surface area contributed by atoms with Crippen molar-refractivity contribution in [3.8, 4) is 5.88 Å². The Hall–Kier alpha value is -1.69. The molecule has 0 aromatic carbocycles. The number of piperidine rings is 1. The van der Waals surface area contributed by atoms with Gasteiger partial charge < -0.3 is 14.7 Å². The second-order valence-corrected chi connectivity index (χ2v) is 5.02. The maximum absolute atomic E-state index is 11.3. The molecule has 6 nitrogen and oxygen atoms in total. The summed E-state index contributed by atoms with van der Waals surface area (Å²) < 4.78 is 5.75. The fourth-order valence-electron chi connectivity index (χ4n) is 2.18. The van der Waals surface area contributed by atoms with Gasteiger partial charge in [-0.2, -0.15) is 5.10 Å². The van der Waals surface area contributed by atoms with Gasteiger partial charge in [0.1, 0.15) is 11.7 Å². The molecule has 2 rings (SSSR count). The number of nitrogens with zero attached hydrogens (tertiary/aromatic N) is 3. The van der Waals surface area contributed by atoms with Crippen LogP contribution in [-0.2, 0) is 0 Å². The van der Waals surface area contributed by atoms with Crippen LogP contribution in [0.25, 0.3) is 0 Å². The van der Waals surface area contributed by atoms with E-state index >= 15 is 0 Å². The zero-order valence-corrected chi connectivity index (χ0v) is 11.5. The van der Waals surface area contributed by atoms with Crippen molar-refractivity contribution in [3.05, 3.63) is 16.8 Å². The molecule has 19 heavy (non-hydrogen) atoms. The zero-order valence-electron chi connectivity index (χ0n) is 11.5. The van der Waals surface area contributed by atoms with Gasteiger partial charge in [-0.1, -0.05) is 0 Å². The molecule has 104 valence electrons. The summed E-state index contributed by atoms with van der Waals surface area (Å²) in [6.07, 6.45) is 1.78. The van der Waals surface area contributed by atoms with Crippen LogP contribution in [-0.4, -0.2) is 52.4 Å². The van der Waals surface area contributed by atoms with Crippen molar-refractivity contribution in [2.75, 3.05) is 20.1 Å². The van der Waals surface area contributed by atoms with Crippen LogP contribution < -0.4 is 4.74 Å². The van der Waals surface area contributed by atoms with Gasteiger partial charge in [-0.3, -0.25) is 0 Å². The summed E-state index contributed by atoms with van der Waals surface area (Å²) in [5.74, 6) is -0.872. The van der Waals surface area contributed by atoms with Crippen LogP contribution in [0, 0.1) is 13.8 Å². The number of aryl methyl sites for hydroxylation is 1. The van der Waals surface area contributed by atoms with E-state index < -0.39 is 5.97 Å². The fourth-order valence-corrected chi connectivity index (χ4v) is 2.18. The van der Waals surface area contributed by atoms with Crippen molar-refractivity contribution in [1.29, 1.82) is 0 Å². The van der Waals surface area contributed by atoms with E-state index in [2.05, 4.69) is 22.1 Å². The topological polar surface area (TPSA) is 75.6 Å². The van der Waals surface area contributed by atoms with E-state index in [1.54, 1.807) is 13.8 Å². The van der Waals surface area contributed by atoms with Gasteiger partial charge in [0.15, 0.2) is 0 Å². The molecule has 0 amide bonds. The number of rotatable bonds is 3. The number of hydrogen-bond donors (Lipinski definition) is 1. The van der Waals surface area contributed by atoms with Crippen LogP contribution in [0.3, 0.4) is 0 Å². The summed E-state index contributed by atoms with van der Waals surface area (Å²) in [6.45, 7) is 5.37. The molecule has 0 unspecified atom stereocenters. The Labute approximate surface area is 112 Å². The molecule has 1 aliphatic heterocycles. The second-order valence-electron chi connectivity index (χ2n) is 5.02. The Morgan fingerprint density at radius 1 is 1.32 bits per heavy atom. The van der Waals surface area contributed by atoms with Gasteiger partial charge in [0.2, 0.25) is 5.88 Å². The van der Waals surface area contributed by atoms with Crippen LogP contribution in [0.4, 0.5) is 0 Å². The Bertz CT molecular complexity index is 482. The minimum atomic E-state index is -1.02. The van der Waals surface area contributed by atoms with E-state index in [-0.39, 0.29) is 17.5 Å². The minimum absolute atomic E-state index is 0.0192. The molecule has 2 heterocycles. The van der Waals surface area contributed by atoms with Crippen molar-refractivity contribution >= 4 is 5.97 Å². The highest BCUT2D eigenvalue weighted by Crippen LogP contribution is 2.23. The summed E-state index contributed by atoms with van der Waals surface area (Å²) in [5, 5.41) is 17.1. The van der Waals surface area contributed by atoms with E-state index in [0.717, 1.165) is 25.9 Å². The maximum Gasteiger partial charge on any atom is 0.341 e. The summed E-state index contributed by atoms with van der Waals surface area (Å²) in [6, 6.07) is 0. The van der Waals surface area contributed by atoms with Gasteiger partial charge in [-0.15, -0.1) is 5.10 Å². The summed E-state index contributed by atoms with van der Waals surface area (Å²) in [5.41, 5.74) is 1.37. The first-order chi connectivity index (χ1) is 8.99. The van der Waals surface area contributed by atoms with Gasteiger partial charge in [0.05, 0.1) is 5.69 Å². The molecule has 6 heteroatoms. The molecule has 1 aliphatic rings. The average Bonchev–Trinajstić information content (AvgIpc) is 2.36. The highest BCUT2D eigenvalue weighted by molar-refractivity contribution is 5.92. The smallest absolute Gasteiger partial charge is 0.341 e. The lowest BCUT2D eigenvalue weighted by atomic mass is 10.1. The monoisotopic (exact) mass is 265 g/mol. The molecule has 0 spiro atoms. The lowest BCUT2D eigenvalue weighted by Gasteiger charge is -2.29. The third-order valence-electron chi connectivity index (χ3n) is 3.58. The third kappa shape index (κ3) is 3.01. The second kappa shape index (κ2) is 5.52. The molecule has 0 bridgehead atoms. The molecule has 0 atom stereocenters. The van der Waals surface area contributed by atoms with Crippen LogP contribution in [0.1, 0.15) is 34.5 Å². The number of likely N-dealkylation sites (tertiary alicyclic amines) is 1. The number of carboxylic acid groups (broad SMARTS) is 1. The predicted molar refractivity (Wildman–Crippen MR) is 69.6 cm³/mol. The highest BCUT2D eigenvalue weighted by Gasteiger charge is 2.24. The van der Waals surface area contributed by atoms with Crippen LogP contribution in [0.2, 0.25) is 0 Å². The summed E-state index contributed by atoms with van der Waals surface area (Å²) in [7, 11) is 2.06. The molecule has 1 N–H and O–H groups in total. The normalized spacial score (nSPS) is 17.4. The van der Waals surface area contributed by atoms with Crippen molar-refractivity contribution < 1.29 is 14.6 Å². The minimum Gasteiger partial charge on any atom is -0.477 e. The van der Waals surface area contributed by atoms with Gasteiger partial charge in [0, 0.05) is 13.1 Å². The van der Waals surface area contributed by atoms with Crippen molar-refractivity contribution in [2.45, 2.75) is 32.8 Å². The van der Waals surface area contributed by atoms with Crippen LogP contribution >= 0.6 is 0 Å². The molecule has 1 fully saturated rings. The SMILES string of the molecule is Cc1nnc(OC2CCN(C)CC2)c(C(=O)O)c1C. The molecule has 0 aliphatic carbocycles.